The fourth-order valence-electron chi connectivity index (χ4n) is 2.59. The lowest BCUT2D eigenvalue weighted by Crippen LogP contribution is -2.37. The number of nitrogens with zero attached hydrogens (tertiary/aromatic N) is 1. The highest BCUT2D eigenvalue weighted by Crippen LogP contribution is 2.26. The van der Waals surface area contributed by atoms with E-state index in [0.29, 0.717) is 6.42 Å². The van der Waals surface area contributed by atoms with Gasteiger partial charge in [-0.2, -0.15) is 0 Å². The minimum Gasteiger partial charge on any atom is -0.450 e. The minimum atomic E-state index is -1.08. The quantitative estimate of drug-likeness (QED) is 0.512. The fourth-order valence-corrected chi connectivity index (χ4v) is 2.59. The number of nitrogens with one attached hydrogen (secondary N) is 3. The van der Waals surface area contributed by atoms with E-state index in [1.54, 1.807) is 6.92 Å². The van der Waals surface area contributed by atoms with Crippen LogP contribution in [0.15, 0.2) is 47.5 Å². The molecule has 10 heteroatoms. The minimum absolute atomic E-state index is 0.0479. The fraction of sp³-hybridized carbons (Fsp3) is 0.250. The first kappa shape index (κ1) is 21.2. The van der Waals surface area contributed by atoms with Gasteiger partial charge in [0.1, 0.15) is 5.82 Å². The summed E-state index contributed by atoms with van der Waals surface area (Å²) in [6, 6.07) is 7.47. The normalized spacial score (nSPS) is 17.8. The number of alkyl carbamates (subject to hydrolysis) is 1. The molecule has 0 aliphatic heterocycles. The molecule has 30 heavy (non-hydrogen) atoms. The van der Waals surface area contributed by atoms with Crippen LogP contribution in [0.2, 0.25) is 0 Å². The molecule has 0 radical (unpaired) electrons. The van der Waals surface area contributed by atoms with E-state index >= 15 is 0 Å². The van der Waals surface area contributed by atoms with Crippen molar-refractivity contribution in [3.05, 3.63) is 65.5 Å². The van der Waals surface area contributed by atoms with Gasteiger partial charge in [0.2, 0.25) is 5.96 Å². The van der Waals surface area contributed by atoms with Crippen LogP contribution in [-0.4, -0.2) is 36.7 Å². The van der Waals surface area contributed by atoms with Crippen molar-refractivity contribution < 1.29 is 27.5 Å². The van der Waals surface area contributed by atoms with Gasteiger partial charge >= 0.3 is 6.09 Å². The molecule has 3 N–H and O–H groups in total. The third kappa shape index (κ3) is 5.72. The Morgan fingerprint density at radius 1 is 1.13 bits per heavy atom. The first-order valence-corrected chi connectivity index (χ1v) is 9.15. The van der Waals surface area contributed by atoms with Crippen LogP contribution in [-0.2, 0) is 4.74 Å². The molecule has 1 aliphatic carbocycles. The van der Waals surface area contributed by atoms with Gasteiger partial charge in [-0.15, -0.1) is 0 Å². The number of ether oxygens (including phenoxy) is 1. The molecule has 0 heterocycles. The van der Waals surface area contributed by atoms with Crippen LogP contribution in [0, 0.1) is 17.5 Å². The van der Waals surface area contributed by atoms with Crippen molar-refractivity contribution in [3.8, 4) is 0 Å². The Kier molecular flexibility index (Phi) is 6.55. The maximum Gasteiger partial charge on any atom is 0.407 e. The lowest BCUT2D eigenvalue weighted by Gasteiger charge is -2.12. The molecule has 7 nitrogen and oxygen atoms in total. The highest BCUT2D eigenvalue weighted by atomic mass is 19.2. The number of benzene rings is 2. The molecule has 3 rings (SSSR count). The van der Waals surface area contributed by atoms with E-state index in [1.807, 2.05) is 0 Å². The molecule has 2 atom stereocenters. The first-order valence-electron chi connectivity index (χ1n) is 9.15. The van der Waals surface area contributed by atoms with Gasteiger partial charge < -0.3 is 15.4 Å². The summed E-state index contributed by atoms with van der Waals surface area (Å²) in [4.78, 5) is 28.3. The summed E-state index contributed by atoms with van der Waals surface area (Å²) >= 11 is 0. The Morgan fingerprint density at radius 2 is 1.93 bits per heavy atom. The zero-order valence-electron chi connectivity index (χ0n) is 15.9. The van der Waals surface area contributed by atoms with Gasteiger partial charge in [-0.3, -0.25) is 10.1 Å². The molecule has 2 unspecified atom stereocenters. The predicted octanol–water partition coefficient (Wildman–Crippen LogP) is 3.19. The monoisotopic (exact) mass is 420 g/mol. The molecule has 2 aromatic carbocycles. The molecular formula is C20H19F3N4O3. The molecule has 1 saturated carbocycles. The van der Waals surface area contributed by atoms with Crippen molar-refractivity contribution in [1.82, 2.24) is 10.6 Å². The van der Waals surface area contributed by atoms with Gasteiger partial charge in [-0.1, -0.05) is 6.07 Å². The van der Waals surface area contributed by atoms with Crippen molar-refractivity contribution in [2.24, 2.45) is 4.99 Å². The van der Waals surface area contributed by atoms with Crippen LogP contribution in [0.1, 0.15) is 23.7 Å². The number of rotatable bonds is 5. The molecule has 158 valence electrons. The van der Waals surface area contributed by atoms with E-state index in [0.717, 1.165) is 18.2 Å². The molecule has 2 amide bonds. The Balaban J connectivity index is 1.75. The summed E-state index contributed by atoms with van der Waals surface area (Å²) in [7, 11) is 0. The number of hydrogen-bond acceptors (Lipinski definition) is 4. The van der Waals surface area contributed by atoms with E-state index in [1.165, 1.54) is 24.3 Å². The van der Waals surface area contributed by atoms with Crippen LogP contribution in [0.5, 0.6) is 0 Å². The number of hydrogen-bond donors (Lipinski definition) is 3. The second-order valence-corrected chi connectivity index (χ2v) is 6.47. The SMILES string of the molecule is CCOC(=O)NC1CC1N=C(NC(=O)c1cccc(F)c1)Nc1ccc(F)c(F)c1. The van der Waals surface area contributed by atoms with E-state index in [4.69, 9.17) is 4.74 Å². The van der Waals surface area contributed by atoms with Crippen molar-refractivity contribution >= 4 is 23.6 Å². The van der Waals surface area contributed by atoms with Gasteiger partial charge in [-0.25, -0.2) is 23.0 Å². The van der Waals surface area contributed by atoms with E-state index < -0.39 is 29.5 Å². The maximum absolute atomic E-state index is 13.5. The lowest BCUT2D eigenvalue weighted by molar-refractivity contribution is 0.0976. The van der Waals surface area contributed by atoms with Crippen molar-refractivity contribution in [2.45, 2.75) is 25.4 Å². The van der Waals surface area contributed by atoms with Crippen molar-refractivity contribution in [1.29, 1.82) is 0 Å². The Labute approximate surface area is 170 Å². The standard InChI is InChI=1S/C20H19F3N4O3/c1-2-30-20(29)26-17-10-16(17)25-19(24-13-6-7-14(22)15(23)9-13)27-18(28)11-4-3-5-12(21)8-11/h3-9,16-17H,2,10H2,1H3,(H,26,29)(H2,24,25,27,28). The Bertz CT molecular complexity index is 984. The summed E-state index contributed by atoms with van der Waals surface area (Å²) in [6.07, 6.45) is -0.0865. The Hall–Kier alpha value is -3.56. The largest absolute Gasteiger partial charge is 0.450 e. The van der Waals surface area contributed by atoms with Crippen LogP contribution in [0.4, 0.5) is 23.7 Å². The smallest absolute Gasteiger partial charge is 0.407 e. The highest BCUT2D eigenvalue weighted by Gasteiger charge is 2.39. The van der Waals surface area contributed by atoms with Crippen LogP contribution in [0.3, 0.4) is 0 Å². The molecule has 2 aromatic rings. The summed E-state index contributed by atoms with van der Waals surface area (Å²) in [5.41, 5.74) is 0.189. The van der Waals surface area contributed by atoms with Gasteiger partial charge in [0.25, 0.3) is 5.91 Å². The predicted molar refractivity (Wildman–Crippen MR) is 104 cm³/mol. The second kappa shape index (κ2) is 9.29. The number of anilines is 1. The zero-order valence-corrected chi connectivity index (χ0v) is 15.9. The van der Waals surface area contributed by atoms with Gasteiger partial charge in [0, 0.05) is 17.3 Å². The summed E-state index contributed by atoms with van der Waals surface area (Å²) in [5.74, 6) is -3.41. The molecule has 1 fully saturated rings. The third-order valence-corrected chi connectivity index (χ3v) is 4.13. The second-order valence-electron chi connectivity index (χ2n) is 6.47. The molecule has 0 bridgehead atoms. The third-order valence-electron chi connectivity index (χ3n) is 4.13. The average molecular weight is 420 g/mol. The number of carbonyl (C=O) groups excluding carboxylic acids is 2. The summed E-state index contributed by atoms with van der Waals surface area (Å²) in [5, 5.41) is 7.81. The number of aliphatic imine (C=N–C) groups is 1. The summed E-state index contributed by atoms with van der Waals surface area (Å²) in [6.45, 7) is 1.90. The molecule has 0 saturated heterocycles. The number of amides is 2. The summed E-state index contributed by atoms with van der Waals surface area (Å²) < 4.78 is 44.9. The highest BCUT2D eigenvalue weighted by molar-refractivity contribution is 6.10. The average Bonchev–Trinajstić information content (AvgIpc) is 3.41. The maximum atomic E-state index is 13.5. The lowest BCUT2D eigenvalue weighted by atomic mass is 10.2. The number of halogens is 3. The Morgan fingerprint density at radius 3 is 2.63 bits per heavy atom. The van der Waals surface area contributed by atoms with Gasteiger partial charge in [0.15, 0.2) is 11.6 Å². The van der Waals surface area contributed by atoms with Crippen LogP contribution >= 0.6 is 0 Å². The zero-order chi connectivity index (χ0) is 21.7. The van der Waals surface area contributed by atoms with Gasteiger partial charge in [-0.05, 0) is 43.7 Å². The number of carbonyl (C=O) groups is 2. The first-order chi connectivity index (χ1) is 14.4. The van der Waals surface area contributed by atoms with E-state index in [-0.39, 0.29) is 35.9 Å². The molecule has 0 spiro atoms. The molecule has 1 aliphatic rings. The van der Waals surface area contributed by atoms with Crippen LogP contribution in [0.25, 0.3) is 0 Å². The van der Waals surface area contributed by atoms with Crippen LogP contribution < -0.4 is 16.0 Å². The topological polar surface area (TPSA) is 91.8 Å². The van der Waals surface area contributed by atoms with Gasteiger partial charge in [0.05, 0.1) is 18.7 Å². The van der Waals surface area contributed by atoms with Crippen molar-refractivity contribution in [3.63, 3.8) is 0 Å². The molecular weight excluding hydrogens is 401 g/mol. The number of guanidine groups is 1. The van der Waals surface area contributed by atoms with E-state index in [9.17, 15) is 22.8 Å². The van der Waals surface area contributed by atoms with Crippen molar-refractivity contribution in [2.75, 3.05) is 11.9 Å². The van der Waals surface area contributed by atoms with E-state index in [2.05, 4.69) is 20.9 Å². The molecule has 0 aromatic heterocycles.